The summed E-state index contributed by atoms with van der Waals surface area (Å²) in [7, 11) is -1.19. The molecule has 0 amide bonds. The van der Waals surface area contributed by atoms with Crippen LogP contribution >= 0.6 is 22.6 Å². The third-order valence-corrected chi connectivity index (χ3v) is 10.7. The molecule has 0 aliphatic carbocycles. The number of benzene rings is 2. The fourth-order valence-corrected chi connectivity index (χ4v) is 8.02. The van der Waals surface area contributed by atoms with Gasteiger partial charge < -0.3 is 0 Å². The Labute approximate surface area is 309 Å². The Morgan fingerprint density at radius 3 is 1.40 bits per heavy atom. The summed E-state index contributed by atoms with van der Waals surface area (Å²) in [6, 6.07) is 18.6. The predicted octanol–water partition coefficient (Wildman–Crippen LogP) is 16.1. The van der Waals surface area contributed by atoms with Crippen LogP contribution in [0.5, 0.6) is 0 Å². The van der Waals surface area contributed by atoms with Crippen LogP contribution in [0.2, 0.25) is 19.6 Å². The van der Waals surface area contributed by atoms with E-state index < -0.39 is 8.07 Å². The van der Waals surface area contributed by atoms with Crippen LogP contribution in [0.25, 0.3) is 11.1 Å². The van der Waals surface area contributed by atoms with E-state index in [1.54, 1.807) is 5.57 Å². The zero-order valence-corrected chi connectivity index (χ0v) is 36.1. The lowest BCUT2D eigenvalue weighted by atomic mass is 9.89. The van der Waals surface area contributed by atoms with Crippen molar-refractivity contribution >= 4 is 41.8 Å². The van der Waals surface area contributed by atoms with Crippen molar-refractivity contribution in [2.75, 3.05) is 0 Å². The van der Waals surface area contributed by atoms with E-state index in [2.05, 4.69) is 156 Å². The molecule has 2 rings (SSSR count). The van der Waals surface area contributed by atoms with E-state index in [-0.39, 0.29) is 0 Å². The molecule has 0 saturated carbocycles. The zero-order valence-electron chi connectivity index (χ0n) is 33.0. The predicted molar refractivity (Wildman–Crippen MR) is 229 cm³/mol. The second-order valence-corrected chi connectivity index (χ2v) is 23.2. The van der Waals surface area contributed by atoms with Crippen molar-refractivity contribution < 1.29 is 0 Å². The molecule has 0 radical (unpaired) electrons. The second kappa shape index (κ2) is 23.3. The van der Waals surface area contributed by atoms with Gasteiger partial charge in [-0.25, -0.2) is 0 Å². The normalized spacial score (nSPS) is 13.0. The van der Waals surface area contributed by atoms with E-state index in [0.29, 0.717) is 10.8 Å². The van der Waals surface area contributed by atoms with Crippen LogP contribution in [0.1, 0.15) is 168 Å². The Kier molecular flexibility index (Phi) is 21.8. The zero-order chi connectivity index (χ0) is 35.3. The molecule has 266 valence electrons. The molecular weight excluding hydrogens is 695 g/mol. The lowest BCUT2D eigenvalue weighted by molar-refractivity contribution is 0.358. The highest BCUT2D eigenvalue weighted by Gasteiger charge is 2.13. The summed E-state index contributed by atoms with van der Waals surface area (Å²) >= 11 is 2.39. The minimum absolute atomic E-state index is 0.482. The minimum Gasteiger partial charge on any atom is -0.0913 e. The average Bonchev–Trinajstić information content (AvgIpc) is 2.98. The van der Waals surface area contributed by atoms with Crippen LogP contribution in [0.3, 0.4) is 0 Å². The lowest BCUT2D eigenvalue weighted by Gasteiger charge is -2.17. The first kappa shape index (κ1) is 43.9. The summed E-state index contributed by atoms with van der Waals surface area (Å²) < 4.78 is 2.26. The Morgan fingerprint density at radius 2 is 1.02 bits per heavy atom. The molecule has 2 aromatic rings. The Morgan fingerprint density at radius 1 is 0.596 bits per heavy atom. The highest BCUT2D eigenvalue weighted by molar-refractivity contribution is 14.1. The molecule has 0 aliphatic rings. The maximum atomic E-state index is 2.62. The largest absolute Gasteiger partial charge is 0.0913 e. The molecule has 2 aromatic carbocycles. The molecule has 0 heterocycles. The smallest absolute Gasteiger partial charge is 0.0690 e. The van der Waals surface area contributed by atoms with Crippen LogP contribution in [-0.2, 0) is 12.8 Å². The van der Waals surface area contributed by atoms with Gasteiger partial charge in [-0.2, -0.15) is 0 Å². The third-order valence-electron chi connectivity index (χ3n) is 8.72. The first-order chi connectivity index (χ1) is 22.1. The molecule has 0 nitrogen and oxygen atoms in total. The number of aryl methyl sites for hydroxylation is 2. The van der Waals surface area contributed by atoms with Gasteiger partial charge >= 0.3 is 0 Å². The van der Waals surface area contributed by atoms with Gasteiger partial charge in [0.25, 0.3) is 0 Å². The van der Waals surface area contributed by atoms with Crippen molar-refractivity contribution in [3.8, 4) is 0 Å². The van der Waals surface area contributed by atoms with Crippen molar-refractivity contribution in [1.82, 2.24) is 0 Å². The van der Waals surface area contributed by atoms with Gasteiger partial charge in [0.15, 0.2) is 0 Å². The van der Waals surface area contributed by atoms with Gasteiger partial charge in [-0.1, -0.05) is 190 Å². The van der Waals surface area contributed by atoms with Crippen molar-refractivity contribution in [3.63, 3.8) is 0 Å². The number of allylic oxidation sites excluding steroid dienone is 2. The third kappa shape index (κ3) is 23.0. The Hall–Kier alpha value is -1.13. The number of hydrogen-bond donors (Lipinski definition) is 0. The second-order valence-electron chi connectivity index (χ2n) is 17.5. The number of hydrogen-bond acceptors (Lipinski definition) is 0. The molecule has 0 aliphatic heterocycles. The fraction of sp³-hybridized carbons (Fsp3) is 0.644. The molecule has 0 atom stereocenters. The fourth-order valence-electron chi connectivity index (χ4n) is 5.99. The van der Waals surface area contributed by atoms with E-state index in [9.17, 15) is 0 Å². The number of rotatable bonds is 19. The molecular formula is C45H75ISi. The maximum absolute atomic E-state index is 2.62. The highest BCUT2D eigenvalue weighted by Crippen LogP contribution is 2.27. The molecule has 0 unspecified atom stereocenters. The summed E-state index contributed by atoms with van der Waals surface area (Å²) in [5, 5.41) is 0. The molecule has 0 fully saturated rings. The van der Waals surface area contributed by atoms with Gasteiger partial charge in [0, 0.05) is 0 Å². The standard InChI is InChI=1S/C24H42Si.C21H33I/c1-8-9-16-23(20-25(5,6)7)22-17-13-15-21(19-22)14-11-10-12-18-24(2,3)4;1-5-6-13-20(17-22)19-14-10-12-18(16-19)11-8-7-9-15-21(2,3)4/h13,15,17,19-20H,8-12,14,16,18H2,1-7H3;10,12,14,16-17H,5-9,11,13,15H2,1-4H3/b23-20+;20-17+. The average molecular weight is 771 g/mol. The van der Waals surface area contributed by atoms with Crippen LogP contribution in [0, 0.1) is 10.8 Å². The SMILES string of the molecule is CCCC/C(=C\I)c1cccc(CCCCCC(C)(C)C)c1.CCCC/C(=C\[Si](C)(C)C)c1cccc(CCCCCC(C)(C)C)c1. The van der Waals surface area contributed by atoms with Crippen LogP contribution in [0.4, 0.5) is 0 Å². The van der Waals surface area contributed by atoms with Gasteiger partial charge in [-0.15, -0.1) is 0 Å². The summed E-state index contributed by atoms with van der Waals surface area (Å²) in [6.45, 7) is 25.9. The van der Waals surface area contributed by atoms with Gasteiger partial charge in [-0.05, 0) is 113 Å². The van der Waals surface area contributed by atoms with Gasteiger partial charge in [0.2, 0.25) is 0 Å². The monoisotopic (exact) mass is 770 g/mol. The van der Waals surface area contributed by atoms with E-state index in [1.807, 2.05) is 0 Å². The molecule has 0 spiro atoms. The Balaban J connectivity index is 0.000000474. The van der Waals surface area contributed by atoms with E-state index in [1.165, 1.54) is 131 Å². The topological polar surface area (TPSA) is 0 Å². The first-order valence-corrected chi connectivity index (χ1v) is 24.1. The Bertz CT molecular complexity index is 1170. The first-order valence-electron chi connectivity index (χ1n) is 19.3. The van der Waals surface area contributed by atoms with Crippen LogP contribution in [0.15, 0.2) is 58.3 Å². The maximum Gasteiger partial charge on any atom is 0.0690 e. The summed E-state index contributed by atoms with van der Waals surface area (Å²) in [6.07, 6.45) is 20.8. The summed E-state index contributed by atoms with van der Waals surface area (Å²) in [4.78, 5) is 0. The van der Waals surface area contributed by atoms with E-state index in [0.717, 1.165) is 0 Å². The van der Waals surface area contributed by atoms with E-state index >= 15 is 0 Å². The number of halogens is 1. The van der Waals surface area contributed by atoms with Crippen molar-refractivity contribution in [3.05, 3.63) is 80.6 Å². The van der Waals surface area contributed by atoms with Gasteiger partial charge in [-0.3, -0.25) is 0 Å². The van der Waals surface area contributed by atoms with E-state index in [4.69, 9.17) is 0 Å². The molecule has 0 saturated heterocycles. The molecule has 0 bridgehead atoms. The lowest BCUT2D eigenvalue weighted by Crippen LogP contribution is -2.16. The molecule has 0 N–H and O–H groups in total. The van der Waals surface area contributed by atoms with Crippen molar-refractivity contribution in [2.24, 2.45) is 10.8 Å². The van der Waals surface area contributed by atoms with Gasteiger partial charge in [0.05, 0.1) is 8.07 Å². The summed E-state index contributed by atoms with van der Waals surface area (Å²) in [5.74, 6) is 0. The number of unbranched alkanes of at least 4 members (excludes halogenated alkanes) is 6. The highest BCUT2D eigenvalue weighted by atomic mass is 127. The minimum atomic E-state index is -1.19. The molecule has 0 aromatic heterocycles. The van der Waals surface area contributed by atoms with Crippen molar-refractivity contribution in [2.45, 2.75) is 178 Å². The van der Waals surface area contributed by atoms with Crippen molar-refractivity contribution in [1.29, 1.82) is 0 Å². The molecule has 47 heavy (non-hydrogen) atoms. The quantitative estimate of drug-likeness (QED) is 0.0758. The van der Waals surface area contributed by atoms with Crippen LogP contribution in [-0.4, -0.2) is 8.07 Å². The summed E-state index contributed by atoms with van der Waals surface area (Å²) in [5.41, 5.74) is 12.6. The van der Waals surface area contributed by atoms with Crippen LogP contribution < -0.4 is 0 Å². The molecule has 2 heteroatoms. The van der Waals surface area contributed by atoms with Gasteiger partial charge in [0.1, 0.15) is 0 Å².